The maximum atomic E-state index is 11.0. The van der Waals surface area contributed by atoms with Gasteiger partial charge in [0.1, 0.15) is 5.76 Å². The average molecular weight is 250 g/mol. The summed E-state index contributed by atoms with van der Waals surface area (Å²) in [5, 5.41) is 0. The van der Waals surface area contributed by atoms with Crippen LogP contribution in [0.4, 0.5) is 0 Å². The van der Waals surface area contributed by atoms with Crippen LogP contribution in [0.2, 0.25) is 0 Å². The Bertz CT molecular complexity index is 354. The maximum Gasteiger partial charge on any atom is 0.335 e. The van der Waals surface area contributed by atoms with Crippen molar-refractivity contribution < 1.29 is 4.42 Å². The molecule has 0 radical (unpaired) electrons. The number of hydrogen-bond acceptors (Lipinski definition) is 2. The third kappa shape index (κ3) is 7.31. The third-order valence-corrected chi connectivity index (χ3v) is 3.27. The topological polar surface area (TPSA) is 30.2 Å². The molecule has 0 bridgehead atoms. The van der Waals surface area contributed by atoms with Gasteiger partial charge in [-0.3, -0.25) is 0 Å². The number of aryl methyl sites for hydroxylation is 1. The van der Waals surface area contributed by atoms with Gasteiger partial charge in [-0.2, -0.15) is 0 Å². The van der Waals surface area contributed by atoms with Crippen LogP contribution in [-0.4, -0.2) is 0 Å². The molecule has 0 saturated heterocycles. The SMILES string of the molecule is CCCCCCCCCCCc1cccc(=O)o1. The standard InChI is InChI=1S/C16H26O2/c1-2-3-4-5-6-7-8-9-10-12-15-13-11-14-16(17)18-15/h11,13-14H,2-10,12H2,1H3. The minimum absolute atomic E-state index is 0.233. The van der Waals surface area contributed by atoms with Crippen molar-refractivity contribution in [1.82, 2.24) is 0 Å². The Morgan fingerprint density at radius 2 is 1.50 bits per heavy atom. The Morgan fingerprint density at radius 1 is 0.889 bits per heavy atom. The normalized spacial score (nSPS) is 10.7. The molecule has 102 valence electrons. The summed E-state index contributed by atoms with van der Waals surface area (Å²) in [6.07, 6.45) is 12.8. The molecule has 0 aliphatic carbocycles. The van der Waals surface area contributed by atoms with E-state index in [1.165, 1.54) is 57.4 Å². The van der Waals surface area contributed by atoms with Crippen molar-refractivity contribution >= 4 is 0 Å². The highest BCUT2D eigenvalue weighted by molar-refractivity contribution is 4.98. The highest BCUT2D eigenvalue weighted by atomic mass is 16.4. The Balaban J connectivity index is 1.94. The maximum absolute atomic E-state index is 11.0. The van der Waals surface area contributed by atoms with Gasteiger partial charge >= 0.3 is 5.63 Å². The van der Waals surface area contributed by atoms with Gasteiger partial charge in [-0.1, -0.05) is 64.4 Å². The lowest BCUT2D eigenvalue weighted by Gasteiger charge is -2.01. The van der Waals surface area contributed by atoms with Gasteiger partial charge in [-0.15, -0.1) is 0 Å². The van der Waals surface area contributed by atoms with Crippen molar-refractivity contribution in [2.45, 2.75) is 71.1 Å². The summed E-state index contributed by atoms with van der Waals surface area (Å²) in [5.41, 5.74) is -0.233. The molecule has 0 saturated carbocycles. The van der Waals surface area contributed by atoms with Crippen LogP contribution in [0.1, 0.15) is 70.5 Å². The van der Waals surface area contributed by atoms with Crippen LogP contribution in [0, 0.1) is 0 Å². The van der Waals surface area contributed by atoms with Crippen LogP contribution in [0.15, 0.2) is 27.4 Å². The Labute approximate surface area is 110 Å². The molecule has 0 spiro atoms. The van der Waals surface area contributed by atoms with Gasteiger partial charge in [0.2, 0.25) is 0 Å². The largest absolute Gasteiger partial charge is 0.428 e. The molecule has 1 aromatic rings. The van der Waals surface area contributed by atoms with Crippen LogP contribution < -0.4 is 5.63 Å². The van der Waals surface area contributed by atoms with E-state index in [0.29, 0.717) is 0 Å². The van der Waals surface area contributed by atoms with Crippen molar-refractivity contribution in [3.05, 3.63) is 34.4 Å². The molecule has 2 heteroatoms. The molecule has 0 aromatic carbocycles. The summed E-state index contributed by atoms with van der Waals surface area (Å²) < 4.78 is 5.09. The zero-order valence-electron chi connectivity index (χ0n) is 11.6. The van der Waals surface area contributed by atoms with Crippen LogP contribution in [0.25, 0.3) is 0 Å². The van der Waals surface area contributed by atoms with E-state index in [0.717, 1.165) is 18.6 Å². The predicted octanol–water partition coefficient (Wildman–Crippen LogP) is 4.71. The van der Waals surface area contributed by atoms with E-state index in [1.54, 1.807) is 6.07 Å². The minimum atomic E-state index is -0.233. The van der Waals surface area contributed by atoms with E-state index < -0.39 is 0 Å². The summed E-state index contributed by atoms with van der Waals surface area (Å²) in [7, 11) is 0. The number of hydrogen-bond donors (Lipinski definition) is 0. The van der Waals surface area contributed by atoms with E-state index in [4.69, 9.17) is 4.42 Å². The first-order chi connectivity index (χ1) is 8.83. The Kier molecular flexibility index (Phi) is 8.28. The predicted molar refractivity (Wildman–Crippen MR) is 75.9 cm³/mol. The van der Waals surface area contributed by atoms with Crippen molar-refractivity contribution in [2.75, 3.05) is 0 Å². The van der Waals surface area contributed by atoms with Gasteiger partial charge in [0, 0.05) is 12.5 Å². The molecule has 0 aliphatic rings. The van der Waals surface area contributed by atoms with Crippen LogP contribution in [0.5, 0.6) is 0 Å². The van der Waals surface area contributed by atoms with E-state index in [-0.39, 0.29) is 5.63 Å². The lowest BCUT2D eigenvalue weighted by Crippen LogP contribution is -1.98. The first kappa shape index (κ1) is 15.0. The second-order valence-electron chi connectivity index (χ2n) is 4.99. The zero-order valence-corrected chi connectivity index (χ0v) is 11.6. The molecule has 0 atom stereocenters. The molecular formula is C16H26O2. The second kappa shape index (κ2) is 9.93. The fourth-order valence-corrected chi connectivity index (χ4v) is 2.18. The highest BCUT2D eigenvalue weighted by Gasteiger charge is 1.97. The summed E-state index contributed by atoms with van der Waals surface area (Å²) in [4.78, 5) is 11.0. The zero-order chi connectivity index (χ0) is 13.1. The molecule has 1 rings (SSSR count). The van der Waals surface area contributed by atoms with Gasteiger partial charge in [-0.25, -0.2) is 4.79 Å². The lowest BCUT2D eigenvalue weighted by molar-refractivity contribution is 0.447. The molecule has 0 fully saturated rings. The third-order valence-electron chi connectivity index (χ3n) is 3.27. The minimum Gasteiger partial charge on any atom is -0.428 e. The van der Waals surface area contributed by atoms with Gasteiger partial charge in [-0.05, 0) is 12.5 Å². The van der Waals surface area contributed by atoms with E-state index >= 15 is 0 Å². The second-order valence-corrected chi connectivity index (χ2v) is 4.99. The Hall–Kier alpha value is -1.05. The quantitative estimate of drug-likeness (QED) is 0.563. The van der Waals surface area contributed by atoms with Crippen LogP contribution in [-0.2, 0) is 6.42 Å². The van der Waals surface area contributed by atoms with Gasteiger partial charge < -0.3 is 4.42 Å². The fourth-order valence-electron chi connectivity index (χ4n) is 2.18. The van der Waals surface area contributed by atoms with Crippen molar-refractivity contribution in [3.8, 4) is 0 Å². The Morgan fingerprint density at radius 3 is 2.11 bits per heavy atom. The van der Waals surface area contributed by atoms with E-state index in [1.807, 2.05) is 6.07 Å². The van der Waals surface area contributed by atoms with Crippen LogP contribution >= 0.6 is 0 Å². The molecule has 1 aromatic heterocycles. The summed E-state index contributed by atoms with van der Waals surface area (Å²) in [6.45, 7) is 2.25. The molecular weight excluding hydrogens is 224 g/mol. The van der Waals surface area contributed by atoms with Crippen molar-refractivity contribution in [1.29, 1.82) is 0 Å². The molecule has 1 heterocycles. The van der Waals surface area contributed by atoms with Crippen molar-refractivity contribution in [3.63, 3.8) is 0 Å². The van der Waals surface area contributed by atoms with E-state index in [9.17, 15) is 4.79 Å². The van der Waals surface area contributed by atoms with Gasteiger partial charge in [0.05, 0.1) is 0 Å². The smallest absolute Gasteiger partial charge is 0.335 e. The first-order valence-electron chi connectivity index (χ1n) is 7.42. The molecule has 0 amide bonds. The summed E-state index contributed by atoms with van der Waals surface area (Å²) in [6, 6.07) is 5.13. The van der Waals surface area contributed by atoms with Crippen molar-refractivity contribution in [2.24, 2.45) is 0 Å². The lowest BCUT2D eigenvalue weighted by atomic mass is 10.1. The average Bonchev–Trinajstić information content (AvgIpc) is 2.37. The summed E-state index contributed by atoms with van der Waals surface area (Å²) >= 11 is 0. The number of rotatable bonds is 10. The monoisotopic (exact) mass is 250 g/mol. The van der Waals surface area contributed by atoms with Gasteiger partial charge in [0.15, 0.2) is 0 Å². The molecule has 0 N–H and O–H groups in total. The van der Waals surface area contributed by atoms with Gasteiger partial charge in [0.25, 0.3) is 0 Å². The first-order valence-corrected chi connectivity index (χ1v) is 7.42. The molecule has 0 unspecified atom stereocenters. The fraction of sp³-hybridized carbons (Fsp3) is 0.688. The number of unbranched alkanes of at least 4 members (excludes halogenated alkanes) is 8. The van der Waals surface area contributed by atoms with Crippen LogP contribution in [0.3, 0.4) is 0 Å². The molecule has 0 aliphatic heterocycles. The highest BCUT2D eigenvalue weighted by Crippen LogP contribution is 2.11. The summed E-state index contributed by atoms with van der Waals surface area (Å²) in [5.74, 6) is 0.824. The van der Waals surface area contributed by atoms with E-state index in [2.05, 4.69) is 6.92 Å². The molecule has 2 nitrogen and oxygen atoms in total. The molecule has 18 heavy (non-hydrogen) atoms.